The van der Waals surface area contributed by atoms with Gasteiger partial charge in [-0.2, -0.15) is 0 Å². The summed E-state index contributed by atoms with van der Waals surface area (Å²) in [5.74, 6) is 7.20. The summed E-state index contributed by atoms with van der Waals surface area (Å²) in [5, 5.41) is 0. The molecule has 1 saturated carbocycles. The molecule has 13 heavy (non-hydrogen) atoms. The molecule has 0 aromatic carbocycles. The molecule has 1 aliphatic carbocycles. The van der Waals surface area contributed by atoms with Gasteiger partial charge in [-0.3, -0.25) is 0 Å². The van der Waals surface area contributed by atoms with Gasteiger partial charge < -0.3 is 5.73 Å². The molecule has 0 atom stereocenters. The standard InChI is InChI=1S/C10H11N3/c11-6-1-2-9-5-7-12-10(13-9)8-3-4-8/h5,7-8H,3-4,6,11H2. The Kier molecular flexibility index (Phi) is 2.24. The Bertz CT molecular complexity index is 358. The smallest absolute Gasteiger partial charge is 0.132 e. The summed E-state index contributed by atoms with van der Waals surface area (Å²) in [7, 11) is 0. The summed E-state index contributed by atoms with van der Waals surface area (Å²) < 4.78 is 0. The minimum atomic E-state index is 0.378. The first-order chi connectivity index (χ1) is 6.40. The van der Waals surface area contributed by atoms with E-state index < -0.39 is 0 Å². The molecule has 0 spiro atoms. The molecule has 2 rings (SSSR count). The van der Waals surface area contributed by atoms with Gasteiger partial charge in [-0.15, -0.1) is 0 Å². The molecule has 1 aliphatic rings. The van der Waals surface area contributed by atoms with E-state index in [0.29, 0.717) is 12.5 Å². The maximum atomic E-state index is 5.27. The maximum Gasteiger partial charge on any atom is 0.132 e. The fraction of sp³-hybridized carbons (Fsp3) is 0.400. The van der Waals surface area contributed by atoms with Crippen LogP contribution in [0.2, 0.25) is 0 Å². The van der Waals surface area contributed by atoms with Crippen LogP contribution in [0.1, 0.15) is 30.3 Å². The lowest BCUT2D eigenvalue weighted by Crippen LogP contribution is -1.96. The number of hydrogen-bond donors (Lipinski definition) is 1. The van der Waals surface area contributed by atoms with Gasteiger partial charge in [0.1, 0.15) is 11.5 Å². The third kappa shape index (κ3) is 2.04. The van der Waals surface area contributed by atoms with Crippen LogP contribution in [0.3, 0.4) is 0 Å². The molecule has 3 heteroatoms. The van der Waals surface area contributed by atoms with Gasteiger partial charge in [-0.05, 0) is 24.8 Å². The third-order valence-electron chi connectivity index (χ3n) is 1.94. The number of nitrogens with two attached hydrogens (primary N) is 1. The van der Waals surface area contributed by atoms with Crippen LogP contribution in [0.5, 0.6) is 0 Å². The first kappa shape index (κ1) is 8.21. The van der Waals surface area contributed by atoms with E-state index in [1.807, 2.05) is 6.07 Å². The maximum absolute atomic E-state index is 5.27. The topological polar surface area (TPSA) is 51.8 Å². The Morgan fingerprint density at radius 3 is 3.08 bits per heavy atom. The van der Waals surface area contributed by atoms with Crippen molar-refractivity contribution in [2.45, 2.75) is 18.8 Å². The minimum absolute atomic E-state index is 0.378. The summed E-state index contributed by atoms with van der Waals surface area (Å²) in [6, 6.07) is 1.81. The van der Waals surface area contributed by atoms with Gasteiger partial charge >= 0.3 is 0 Å². The largest absolute Gasteiger partial charge is 0.320 e. The van der Waals surface area contributed by atoms with Crippen LogP contribution in [0.15, 0.2) is 12.3 Å². The van der Waals surface area contributed by atoms with Crippen molar-refractivity contribution >= 4 is 0 Å². The van der Waals surface area contributed by atoms with Crippen molar-refractivity contribution in [1.82, 2.24) is 9.97 Å². The molecule has 0 aliphatic heterocycles. The molecule has 0 amide bonds. The highest BCUT2D eigenvalue weighted by Crippen LogP contribution is 2.37. The molecule has 1 aromatic heterocycles. The van der Waals surface area contributed by atoms with Crippen molar-refractivity contribution in [2.75, 3.05) is 6.54 Å². The first-order valence-electron chi connectivity index (χ1n) is 4.42. The van der Waals surface area contributed by atoms with Crippen molar-refractivity contribution in [2.24, 2.45) is 5.73 Å². The molecule has 3 nitrogen and oxygen atoms in total. The second kappa shape index (κ2) is 3.55. The predicted molar refractivity (Wildman–Crippen MR) is 49.9 cm³/mol. The highest BCUT2D eigenvalue weighted by molar-refractivity contribution is 5.27. The van der Waals surface area contributed by atoms with Crippen LogP contribution in [0, 0.1) is 11.8 Å². The number of hydrogen-bond acceptors (Lipinski definition) is 3. The quantitative estimate of drug-likeness (QED) is 0.635. The number of aromatic nitrogens is 2. The van der Waals surface area contributed by atoms with Crippen molar-refractivity contribution in [3.05, 3.63) is 23.8 Å². The van der Waals surface area contributed by atoms with Gasteiger partial charge in [0.25, 0.3) is 0 Å². The molecule has 1 heterocycles. The molecule has 0 radical (unpaired) electrons. The van der Waals surface area contributed by atoms with E-state index in [2.05, 4.69) is 21.8 Å². The SMILES string of the molecule is NCC#Cc1ccnc(C2CC2)n1. The van der Waals surface area contributed by atoms with Gasteiger partial charge in [0.05, 0.1) is 6.54 Å². The summed E-state index contributed by atoms with van der Waals surface area (Å²) in [6.45, 7) is 0.378. The van der Waals surface area contributed by atoms with Crippen molar-refractivity contribution in [3.8, 4) is 11.8 Å². The van der Waals surface area contributed by atoms with Crippen molar-refractivity contribution in [1.29, 1.82) is 0 Å². The van der Waals surface area contributed by atoms with Crippen LogP contribution >= 0.6 is 0 Å². The van der Waals surface area contributed by atoms with E-state index in [-0.39, 0.29) is 0 Å². The molecule has 1 fully saturated rings. The monoisotopic (exact) mass is 173 g/mol. The van der Waals surface area contributed by atoms with E-state index in [1.165, 1.54) is 12.8 Å². The summed E-state index contributed by atoms with van der Waals surface area (Å²) in [5.41, 5.74) is 6.05. The summed E-state index contributed by atoms with van der Waals surface area (Å²) >= 11 is 0. The minimum Gasteiger partial charge on any atom is -0.320 e. The second-order valence-electron chi connectivity index (χ2n) is 3.08. The van der Waals surface area contributed by atoms with E-state index >= 15 is 0 Å². The zero-order valence-corrected chi connectivity index (χ0v) is 7.33. The van der Waals surface area contributed by atoms with Crippen molar-refractivity contribution in [3.63, 3.8) is 0 Å². The normalized spacial score (nSPS) is 14.8. The molecule has 1 aromatic rings. The molecular weight excluding hydrogens is 162 g/mol. The van der Waals surface area contributed by atoms with E-state index in [0.717, 1.165) is 11.5 Å². The molecule has 2 N–H and O–H groups in total. The third-order valence-corrected chi connectivity index (χ3v) is 1.94. The van der Waals surface area contributed by atoms with E-state index in [1.54, 1.807) is 6.20 Å². The van der Waals surface area contributed by atoms with Crippen LogP contribution in [-0.2, 0) is 0 Å². The molecule has 0 unspecified atom stereocenters. The lowest BCUT2D eigenvalue weighted by molar-refractivity contribution is 0.919. The highest BCUT2D eigenvalue weighted by atomic mass is 14.9. The van der Waals surface area contributed by atoms with Gasteiger partial charge in [-0.25, -0.2) is 9.97 Å². The Labute approximate surface area is 77.4 Å². The van der Waals surface area contributed by atoms with Crippen LogP contribution in [0.25, 0.3) is 0 Å². The Morgan fingerprint density at radius 2 is 2.38 bits per heavy atom. The van der Waals surface area contributed by atoms with Crippen molar-refractivity contribution < 1.29 is 0 Å². The van der Waals surface area contributed by atoms with Gasteiger partial charge in [-0.1, -0.05) is 5.92 Å². The Balaban J connectivity index is 2.21. The first-order valence-corrected chi connectivity index (χ1v) is 4.42. The average Bonchev–Trinajstić information content (AvgIpc) is 2.98. The van der Waals surface area contributed by atoms with E-state index in [4.69, 9.17) is 5.73 Å². The molecule has 66 valence electrons. The predicted octanol–water partition coefficient (Wildman–Crippen LogP) is 0.664. The number of rotatable bonds is 1. The fourth-order valence-corrected chi connectivity index (χ4v) is 1.12. The summed E-state index contributed by atoms with van der Waals surface area (Å²) in [6.07, 6.45) is 4.20. The van der Waals surface area contributed by atoms with Gasteiger partial charge in [0, 0.05) is 12.1 Å². The molecule has 0 saturated heterocycles. The number of nitrogens with zero attached hydrogens (tertiary/aromatic N) is 2. The lowest BCUT2D eigenvalue weighted by Gasteiger charge is -1.95. The zero-order valence-electron chi connectivity index (χ0n) is 7.33. The van der Waals surface area contributed by atoms with Gasteiger partial charge in [0.2, 0.25) is 0 Å². The van der Waals surface area contributed by atoms with Crippen LogP contribution in [0.4, 0.5) is 0 Å². The Hall–Kier alpha value is -1.40. The lowest BCUT2D eigenvalue weighted by atomic mass is 10.3. The molecule has 0 bridgehead atoms. The average molecular weight is 173 g/mol. The highest BCUT2D eigenvalue weighted by Gasteiger charge is 2.26. The zero-order chi connectivity index (χ0) is 9.10. The fourth-order valence-electron chi connectivity index (χ4n) is 1.12. The molecular formula is C10H11N3. The van der Waals surface area contributed by atoms with E-state index in [9.17, 15) is 0 Å². The van der Waals surface area contributed by atoms with Crippen LogP contribution < -0.4 is 5.73 Å². The van der Waals surface area contributed by atoms with Crippen LogP contribution in [-0.4, -0.2) is 16.5 Å². The summed E-state index contributed by atoms with van der Waals surface area (Å²) in [4.78, 5) is 8.53. The Morgan fingerprint density at radius 1 is 1.54 bits per heavy atom. The second-order valence-corrected chi connectivity index (χ2v) is 3.08. The van der Waals surface area contributed by atoms with Gasteiger partial charge in [0.15, 0.2) is 0 Å².